The van der Waals surface area contributed by atoms with Crippen molar-refractivity contribution in [3.8, 4) is 0 Å². The van der Waals surface area contributed by atoms with E-state index in [2.05, 4.69) is 9.97 Å². The van der Waals surface area contributed by atoms with Crippen LogP contribution < -0.4 is 4.90 Å². The van der Waals surface area contributed by atoms with Gasteiger partial charge in [0.15, 0.2) is 0 Å². The van der Waals surface area contributed by atoms with Crippen molar-refractivity contribution >= 4 is 17.4 Å². The summed E-state index contributed by atoms with van der Waals surface area (Å²) in [4.78, 5) is 8.53. The molecule has 1 heterocycles. The lowest BCUT2D eigenvalue weighted by molar-refractivity contribution is -0.144. The Morgan fingerprint density at radius 1 is 1.28 bits per heavy atom. The monoisotopic (exact) mass is 279 g/mol. The number of nitrogens with zero attached hydrogens (tertiary/aromatic N) is 3. The van der Waals surface area contributed by atoms with Crippen molar-refractivity contribution < 1.29 is 13.2 Å². The van der Waals surface area contributed by atoms with E-state index in [0.29, 0.717) is 0 Å². The van der Waals surface area contributed by atoms with E-state index in [1.54, 1.807) is 11.9 Å². The Morgan fingerprint density at radius 3 is 2.44 bits per heavy atom. The number of aromatic nitrogens is 2. The molecule has 0 saturated heterocycles. The van der Waals surface area contributed by atoms with E-state index >= 15 is 0 Å². The summed E-state index contributed by atoms with van der Waals surface area (Å²) < 4.78 is 37.8. The molecule has 0 radical (unpaired) electrons. The molecule has 1 saturated carbocycles. The summed E-state index contributed by atoms with van der Waals surface area (Å²) in [6, 6.07) is 1.60. The second-order valence-corrected chi connectivity index (χ2v) is 4.81. The van der Waals surface area contributed by atoms with E-state index < -0.39 is 12.0 Å². The number of rotatable bonds is 2. The highest BCUT2D eigenvalue weighted by Gasteiger charge is 2.36. The van der Waals surface area contributed by atoms with Crippen molar-refractivity contribution in [3.05, 3.63) is 17.0 Å². The SMILES string of the molecule is CN(c1cc(Cl)nc(C(F)(F)F)n1)C1CCCC1. The second kappa shape index (κ2) is 4.91. The van der Waals surface area contributed by atoms with Gasteiger partial charge in [0.25, 0.3) is 0 Å². The van der Waals surface area contributed by atoms with Gasteiger partial charge in [-0.1, -0.05) is 24.4 Å². The van der Waals surface area contributed by atoms with E-state index in [1.807, 2.05) is 0 Å². The fourth-order valence-corrected chi connectivity index (χ4v) is 2.37. The number of hydrogen-bond acceptors (Lipinski definition) is 3. The number of alkyl halides is 3. The first-order valence-corrected chi connectivity index (χ1v) is 6.10. The van der Waals surface area contributed by atoms with E-state index in [9.17, 15) is 13.2 Å². The fraction of sp³-hybridized carbons (Fsp3) is 0.636. The Bertz CT molecular complexity index is 430. The van der Waals surface area contributed by atoms with E-state index in [0.717, 1.165) is 25.7 Å². The van der Waals surface area contributed by atoms with E-state index in [4.69, 9.17) is 11.6 Å². The van der Waals surface area contributed by atoms with Gasteiger partial charge in [-0.2, -0.15) is 13.2 Å². The van der Waals surface area contributed by atoms with E-state index in [-0.39, 0.29) is 17.0 Å². The van der Waals surface area contributed by atoms with Gasteiger partial charge >= 0.3 is 6.18 Å². The van der Waals surface area contributed by atoms with Crippen molar-refractivity contribution in [2.24, 2.45) is 0 Å². The van der Waals surface area contributed by atoms with E-state index in [1.165, 1.54) is 6.07 Å². The molecular formula is C11H13ClF3N3. The molecule has 0 spiro atoms. The Balaban J connectivity index is 2.29. The molecule has 1 aliphatic rings. The van der Waals surface area contributed by atoms with Crippen LogP contribution in [-0.4, -0.2) is 23.1 Å². The summed E-state index contributed by atoms with van der Waals surface area (Å²) in [7, 11) is 1.74. The molecule has 1 aromatic rings. The number of anilines is 1. The fourth-order valence-electron chi connectivity index (χ4n) is 2.19. The van der Waals surface area contributed by atoms with Gasteiger partial charge < -0.3 is 4.90 Å². The third kappa shape index (κ3) is 2.85. The Labute approximate surface area is 108 Å². The lowest BCUT2D eigenvalue weighted by Crippen LogP contribution is -2.30. The Hall–Kier alpha value is -1.04. The van der Waals surface area contributed by atoms with Crippen molar-refractivity contribution in [1.82, 2.24) is 9.97 Å². The van der Waals surface area contributed by atoms with Crippen LogP contribution >= 0.6 is 11.6 Å². The first kappa shape index (κ1) is 13.4. The van der Waals surface area contributed by atoms with Gasteiger partial charge in [-0.15, -0.1) is 0 Å². The largest absolute Gasteiger partial charge is 0.451 e. The summed E-state index contributed by atoms with van der Waals surface area (Å²) >= 11 is 5.63. The lowest BCUT2D eigenvalue weighted by Gasteiger charge is -2.25. The van der Waals surface area contributed by atoms with Crippen LogP contribution in [0.3, 0.4) is 0 Å². The molecule has 0 N–H and O–H groups in total. The molecule has 1 fully saturated rings. The highest BCUT2D eigenvalue weighted by atomic mass is 35.5. The van der Waals surface area contributed by atoms with Crippen LogP contribution in [0.4, 0.5) is 19.0 Å². The van der Waals surface area contributed by atoms with Crippen molar-refractivity contribution in [2.45, 2.75) is 37.9 Å². The average molecular weight is 280 g/mol. The topological polar surface area (TPSA) is 29.0 Å². The lowest BCUT2D eigenvalue weighted by atomic mass is 10.2. The van der Waals surface area contributed by atoms with Crippen LogP contribution in [0, 0.1) is 0 Å². The molecule has 7 heteroatoms. The zero-order chi connectivity index (χ0) is 13.3. The maximum absolute atomic E-state index is 12.6. The van der Waals surface area contributed by atoms with Gasteiger partial charge in [0.2, 0.25) is 5.82 Å². The molecule has 3 nitrogen and oxygen atoms in total. The molecule has 100 valence electrons. The first-order valence-electron chi connectivity index (χ1n) is 5.72. The number of halogens is 4. The molecular weight excluding hydrogens is 267 g/mol. The van der Waals surface area contributed by atoms with Crippen molar-refractivity contribution in [2.75, 3.05) is 11.9 Å². The molecule has 0 aliphatic heterocycles. The summed E-state index contributed by atoms with van der Waals surface area (Å²) in [6.45, 7) is 0. The van der Waals surface area contributed by atoms with Crippen LogP contribution in [0.1, 0.15) is 31.5 Å². The zero-order valence-electron chi connectivity index (χ0n) is 9.84. The standard InChI is InChI=1S/C11H13ClF3N3/c1-18(7-4-2-3-5-7)9-6-8(12)16-10(17-9)11(13,14)15/h6-7H,2-5H2,1H3. The van der Waals surface area contributed by atoms with Crippen LogP contribution in [0.25, 0.3) is 0 Å². The van der Waals surface area contributed by atoms with Crippen LogP contribution in [-0.2, 0) is 6.18 Å². The number of hydrogen-bond donors (Lipinski definition) is 0. The van der Waals surface area contributed by atoms with Gasteiger partial charge in [-0.3, -0.25) is 0 Å². The molecule has 0 atom stereocenters. The average Bonchev–Trinajstić information content (AvgIpc) is 2.79. The molecule has 1 aromatic heterocycles. The van der Waals surface area contributed by atoms with Gasteiger partial charge in [0.05, 0.1) is 0 Å². The van der Waals surface area contributed by atoms with Crippen LogP contribution in [0.5, 0.6) is 0 Å². The predicted octanol–water partition coefficient (Wildman–Crippen LogP) is 3.53. The smallest absolute Gasteiger partial charge is 0.357 e. The maximum Gasteiger partial charge on any atom is 0.451 e. The quantitative estimate of drug-likeness (QED) is 0.776. The molecule has 0 unspecified atom stereocenters. The predicted molar refractivity (Wildman–Crippen MR) is 62.7 cm³/mol. The van der Waals surface area contributed by atoms with Crippen LogP contribution in [0.2, 0.25) is 5.15 Å². The molecule has 0 amide bonds. The minimum absolute atomic E-state index is 0.183. The van der Waals surface area contributed by atoms with Crippen molar-refractivity contribution in [3.63, 3.8) is 0 Å². The maximum atomic E-state index is 12.6. The summed E-state index contributed by atoms with van der Waals surface area (Å²) in [6.07, 6.45) is -0.436. The van der Waals surface area contributed by atoms with Crippen molar-refractivity contribution in [1.29, 1.82) is 0 Å². The van der Waals surface area contributed by atoms with Gasteiger partial charge in [0.1, 0.15) is 11.0 Å². The summed E-state index contributed by atoms with van der Waals surface area (Å²) in [5.74, 6) is -0.955. The summed E-state index contributed by atoms with van der Waals surface area (Å²) in [5.41, 5.74) is 0. The molecule has 18 heavy (non-hydrogen) atoms. The first-order chi connectivity index (χ1) is 8.38. The molecule has 2 rings (SSSR count). The Morgan fingerprint density at radius 2 is 1.89 bits per heavy atom. The molecule has 0 aromatic carbocycles. The van der Waals surface area contributed by atoms with Gasteiger partial charge in [-0.05, 0) is 12.8 Å². The van der Waals surface area contributed by atoms with Gasteiger partial charge in [-0.25, -0.2) is 9.97 Å². The second-order valence-electron chi connectivity index (χ2n) is 4.42. The van der Waals surface area contributed by atoms with Crippen LogP contribution in [0.15, 0.2) is 6.07 Å². The summed E-state index contributed by atoms with van der Waals surface area (Å²) in [5, 5.41) is -0.183. The normalized spacial score (nSPS) is 17.2. The highest BCUT2D eigenvalue weighted by molar-refractivity contribution is 6.29. The van der Waals surface area contributed by atoms with Gasteiger partial charge in [0, 0.05) is 19.2 Å². The zero-order valence-corrected chi connectivity index (χ0v) is 10.6. The molecule has 1 aliphatic carbocycles. The highest BCUT2D eigenvalue weighted by Crippen LogP contribution is 2.31. The third-order valence-electron chi connectivity index (χ3n) is 3.17. The molecule has 0 bridgehead atoms. The Kier molecular flexibility index (Phi) is 3.66. The minimum Gasteiger partial charge on any atom is -0.357 e. The third-order valence-corrected chi connectivity index (χ3v) is 3.36. The minimum atomic E-state index is -4.57.